The topological polar surface area (TPSA) is 83.8 Å². The fourth-order valence-corrected chi connectivity index (χ4v) is 3.43. The van der Waals surface area contributed by atoms with E-state index in [-0.39, 0.29) is 5.91 Å². The molecule has 1 amide bonds. The Labute approximate surface area is 163 Å². The van der Waals surface area contributed by atoms with Gasteiger partial charge >= 0.3 is 0 Å². The second kappa shape index (κ2) is 7.68. The van der Waals surface area contributed by atoms with Crippen LogP contribution in [0, 0.1) is 13.8 Å². The van der Waals surface area contributed by atoms with Crippen LogP contribution in [0.5, 0.6) is 0 Å². The van der Waals surface area contributed by atoms with Crippen molar-refractivity contribution in [3.05, 3.63) is 71.6 Å². The van der Waals surface area contributed by atoms with Gasteiger partial charge in [-0.25, -0.2) is 4.98 Å². The zero-order valence-corrected chi connectivity index (χ0v) is 16.0. The molecule has 2 aromatic heterocycles. The van der Waals surface area contributed by atoms with Crippen molar-refractivity contribution in [2.24, 2.45) is 0 Å². The number of H-pyrrole nitrogens is 1. The molecule has 0 fully saturated rings. The number of hydrogen-bond donors (Lipinski definition) is 2. The molecule has 2 aromatic carbocycles. The van der Waals surface area contributed by atoms with E-state index in [1.165, 1.54) is 0 Å². The van der Waals surface area contributed by atoms with Gasteiger partial charge in [0.2, 0.25) is 0 Å². The SMILES string of the molecule is Cc1noc(C)c1-c1ccc2cc(C(=O)NCCCc3ncc[nH]3)ccc2c1. The molecule has 6 nitrogen and oxygen atoms in total. The molecule has 142 valence electrons. The molecule has 2 heterocycles. The highest BCUT2D eigenvalue weighted by molar-refractivity contribution is 5.99. The summed E-state index contributed by atoms with van der Waals surface area (Å²) < 4.78 is 5.27. The summed E-state index contributed by atoms with van der Waals surface area (Å²) >= 11 is 0. The van der Waals surface area contributed by atoms with Gasteiger partial charge in [-0.3, -0.25) is 4.79 Å². The Bertz CT molecular complexity index is 1090. The Kier molecular flexibility index (Phi) is 4.93. The zero-order chi connectivity index (χ0) is 19.5. The highest BCUT2D eigenvalue weighted by Gasteiger charge is 2.12. The number of carbonyl (C=O) groups excluding carboxylic acids is 1. The third-order valence-electron chi connectivity index (χ3n) is 4.86. The highest BCUT2D eigenvalue weighted by Crippen LogP contribution is 2.29. The number of carbonyl (C=O) groups is 1. The minimum absolute atomic E-state index is 0.0591. The molecule has 6 heteroatoms. The molecule has 0 bridgehead atoms. The van der Waals surface area contributed by atoms with E-state index in [9.17, 15) is 4.79 Å². The summed E-state index contributed by atoms with van der Waals surface area (Å²) in [4.78, 5) is 19.7. The van der Waals surface area contributed by atoms with Crippen LogP contribution in [-0.4, -0.2) is 27.6 Å². The van der Waals surface area contributed by atoms with Crippen LogP contribution in [-0.2, 0) is 6.42 Å². The van der Waals surface area contributed by atoms with Gasteiger partial charge < -0.3 is 14.8 Å². The first-order chi connectivity index (χ1) is 13.6. The average molecular weight is 374 g/mol. The molecule has 0 atom stereocenters. The van der Waals surface area contributed by atoms with Crippen molar-refractivity contribution in [2.45, 2.75) is 26.7 Å². The van der Waals surface area contributed by atoms with E-state index in [1.54, 1.807) is 12.4 Å². The molecule has 0 saturated heterocycles. The zero-order valence-electron chi connectivity index (χ0n) is 16.0. The summed E-state index contributed by atoms with van der Waals surface area (Å²) in [7, 11) is 0. The number of benzene rings is 2. The lowest BCUT2D eigenvalue weighted by Gasteiger charge is -2.07. The monoisotopic (exact) mass is 374 g/mol. The summed E-state index contributed by atoms with van der Waals surface area (Å²) in [6.45, 7) is 4.47. The van der Waals surface area contributed by atoms with Gasteiger partial charge in [0, 0.05) is 36.5 Å². The summed E-state index contributed by atoms with van der Waals surface area (Å²) in [6, 6.07) is 11.9. The standard InChI is InChI=1S/C22H22N4O2/c1-14-21(15(2)28-26-14)18-7-5-17-13-19(8-6-16(17)12-18)22(27)25-9-3-4-20-23-10-11-24-20/h5-8,10-13H,3-4,9H2,1-2H3,(H,23,24)(H,25,27). The number of aromatic nitrogens is 3. The Balaban J connectivity index is 1.45. The first kappa shape index (κ1) is 18.0. The Hall–Kier alpha value is -3.41. The maximum atomic E-state index is 12.4. The molecular formula is C22H22N4O2. The van der Waals surface area contributed by atoms with E-state index in [0.29, 0.717) is 12.1 Å². The molecule has 0 aliphatic carbocycles. The van der Waals surface area contributed by atoms with Crippen LogP contribution in [0.1, 0.15) is 34.1 Å². The van der Waals surface area contributed by atoms with E-state index >= 15 is 0 Å². The minimum atomic E-state index is -0.0591. The van der Waals surface area contributed by atoms with Crippen LogP contribution >= 0.6 is 0 Å². The Morgan fingerprint density at radius 2 is 1.96 bits per heavy atom. The number of rotatable bonds is 6. The lowest BCUT2D eigenvalue weighted by molar-refractivity contribution is 0.0953. The van der Waals surface area contributed by atoms with E-state index in [2.05, 4.69) is 26.5 Å². The summed E-state index contributed by atoms with van der Waals surface area (Å²) in [5.74, 6) is 1.69. The Morgan fingerprint density at radius 1 is 1.14 bits per heavy atom. The smallest absolute Gasteiger partial charge is 0.251 e. The molecular weight excluding hydrogens is 352 g/mol. The predicted octanol–water partition coefficient (Wildman–Crippen LogP) is 4.20. The molecule has 4 aromatic rings. The van der Waals surface area contributed by atoms with E-state index < -0.39 is 0 Å². The number of nitrogens with zero attached hydrogens (tertiary/aromatic N) is 2. The predicted molar refractivity (Wildman–Crippen MR) is 108 cm³/mol. The maximum absolute atomic E-state index is 12.4. The van der Waals surface area contributed by atoms with E-state index in [0.717, 1.165) is 52.0 Å². The molecule has 0 radical (unpaired) electrons. The summed E-state index contributed by atoms with van der Waals surface area (Å²) in [6.07, 6.45) is 5.20. The van der Waals surface area contributed by atoms with Gasteiger partial charge in [-0.1, -0.05) is 23.4 Å². The lowest BCUT2D eigenvalue weighted by Crippen LogP contribution is -2.24. The number of fused-ring (bicyclic) bond motifs is 1. The summed E-state index contributed by atoms with van der Waals surface area (Å²) in [5, 5.41) is 9.10. The average Bonchev–Trinajstić information content (AvgIpc) is 3.34. The number of nitrogens with one attached hydrogen (secondary N) is 2. The van der Waals surface area contributed by atoms with E-state index in [4.69, 9.17) is 4.52 Å². The molecule has 28 heavy (non-hydrogen) atoms. The number of hydrogen-bond acceptors (Lipinski definition) is 4. The van der Waals surface area contributed by atoms with Crippen molar-refractivity contribution in [3.8, 4) is 11.1 Å². The van der Waals surface area contributed by atoms with Crippen LogP contribution in [0.15, 0.2) is 53.3 Å². The van der Waals surface area contributed by atoms with Crippen molar-refractivity contribution in [2.75, 3.05) is 6.54 Å². The second-order valence-corrected chi connectivity index (χ2v) is 6.87. The van der Waals surface area contributed by atoms with Crippen LogP contribution in [0.4, 0.5) is 0 Å². The van der Waals surface area contributed by atoms with Crippen molar-refractivity contribution >= 4 is 16.7 Å². The van der Waals surface area contributed by atoms with Crippen LogP contribution in [0.2, 0.25) is 0 Å². The van der Waals surface area contributed by atoms with Gasteiger partial charge in [0.05, 0.1) is 5.69 Å². The van der Waals surface area contributed by atoms with Crippen molar-refractivity contribution in [1.82, 2.24) is 20.4 Å². The minimum Gasteiger partial charge on any atom is -0.361 e. The normalized spacial score (nSPS) is 11.1. The fraction of sp³-hybridized carbons (Fsp3) is 0.227. The maximum Gasteiger partial charge on any atom is 0.251 e. The molecule has 0 aliphatic heterocycles. The van der Waals surface area contributed by atoms with Gasteiger partial charge in [-0.05, 0) is 54.8 Å². The summed E-state index contributed by atoms with van der Waals surface area (Å²) in [5.41, 5.74) is 3.64. The van der Waals surface area contributed by atoms with Gasteiger partial charge in [-0.2, -0.15) is 0 Å². The van der Waals surface area contributed by atoms with Crippen molar-refractivity contribution in [1.29, 1.82) is 0 Å². The van der Waals surface area contributed by atoms with Crippen LogP contribution < -0.4 is 5.32 Å². The quantitative estimate of drug-likeness (QED) is 0.496. The number of amides is 1. The molecule has 0 saturated carbocycles. The van der Waals surface area contributed by atoms with Crippen molar-refractivity contribution in [3.63, 3.8) is 0 Å². The van der Waals surface area contributed by atoms with Crippen LogP contribution in [0.25, 0.3) is 21.9 Å². The van der Waals surface area contributed by atoms with Gasteiger partial charge in [0.15, 0.2) is 0 Å². The van der Waals surface area contributed by atoms with Gasteiger partial charge in [0.1, 0.15) is 11.6 Å². The second-order valence-electron chi connectivity index (χ2n) is 6.87. The largest absolute Gasteiger partial charge is 0.361 e. The van der Waals surface area contributed by atoms with Gasteiger partial charge in [-0.15, -0.1) is 0 Å². The lowest BCUT2D eigenvalue weighted by atomic mass is 9.99. The first-order valence-corrected chi connectivity index (χ1v) is 9.35. The first-order valence-electron chi connectivity index (χ1n) is 9.35. The number of aryl methyl sites for hydroxylation is 3. The molecule has 0 unspecified atom stereocenters. The number of imidazole rings is 1. The molecule has 2 N–H and O–H groups in total. The molecule has 4 rings (SSSR count). The third-order valence-corrected chi connectivity index (χ3v) is 4.86. The fourth-order valence-electron chi connectivity index (χ4n) is 3.43. The van der Waals surface area contributed by atoms with Gasteiger partial charge in [0.25, 0.3) is 5.91 Å². The number of aromatic amines is 1. The highest BCUT2D eigenvalue weighted by atomic mass is 16.5. The van der Waals surface area contributed by atoms with Crippen molar-refractivity contribution < 1.29 is 9.32 Å². The Morgan fingerprint density at radius 3 is 2.71 bits per heavy atom. The van der Waals surface area contributed by atoms with E-state index in [1.807, 2.05) is 44.2 Å². The molecule has 0 aliphatic rings. The third kappa shape index (κ3) is 3.67. The van der Waals surface area contributed by atoms with Crippen LogP contribution in [0.3, 0.4) is 0 Å². The molecule has 0 spiro atoms.